The summed E-state index contributed by atoms with van der Waals surface area (Å²) in [5.41, 5.74) is 1.36. The van der Waals surface area contributed by atoms with Crippen LogP contribution in [0, 0.1) is 0 Å². The summed E-state index contributed by atoms with van der Waals surface area (Å²) in [6.45, 7) is 4.00. The highest BCUT2D eigenvalue weighted by Crippen LogP contribution is 2.26. The number of unbranched alkanes of at least 4 members (excludes halogenated alkanes) is 7. The third-order valence-corrected chi connectivity index (χ3v) is 5.90. The number of rotatable bonds is 18. The van der Waals surface area contributed by atoms with Crippen LogP contribution in [0.5, 0.6) is 11.5 Å². The van der Waals surface area contributed by atoms with Crippen LogP contribution in [0.4, 0.5) is 5.69 Å². The second-order valence-electron chi connectivity index (χ2n) is 8.82. The maximum atomic E-state index is 12.8. The maximum Gasteiger partial charge on any atom is 0.255 e. The molecule has 2 aromatic carbocycles. The fourth-order valence-corrected chi connectivity index (χ4v) is 3.79. The zero-order chi connectivity index (χ0) is 26.0. The van der Waals surface area contributed by atoms with Crippen molar-refractivity contribution in [2.75, 3.05) is 39.3 Å². The van der Waals surface area contributed by atoms with Gasteiger partial charge in [0.15, 0.2) is 0 Å². The fourth-order valence-electron chi connectivity index (χ4n) is 3.79. The van der Waals surface area contributed by atoms with Gasteiger partial charge in [-0.3, -0.25) is 9.59 Å². The van der Waals surface area contributed by atoms with Crippen LogP contribution in [0.15, 0.2) is 42.5 Å². The molecule has 0 radical (unpaired) electrons. The number of carbonyl (C=O) groups is 2. The third-order valence-electron chi connectivity index (χ3n) is 5.90. The van der Waals surface area contributed by atoms with E-state index >= 15 is 0 Å². The lowest BCUT2D eigenvalue weighted by Gasteiger charge is -2.13. The monoisotopic (exact) mass is 498 g/mol. The van der Waals surface area contributed by atoms with Crippen LogP contribution < -0.4 is 20.1 Å². The van der Waals surface area contributed by atoms with Gasteiger partial charge in [0.2, 0.25) is 0 Å². The normalized spacial score (nSPS) is 10.6. The number of benzene rings is 2. The predicted molar refractivity (Wildman–Crippen MR) is 144 cm³/mol. The molecule has 0 atom stereocenters. The lowest BCUT2D eigenvalue weighted by atomic mass is 10.1. The van der Waals surface area contributed by atoms with E-state index in [1.807, 2.05) is 0 Å². The zero-order valence-electron chi connectivity index (χ0n) is 22.1. The first-order valence-corrected chi connectivity index (χ1v) is 13.1. The Morgan fingerprint density at radius 2 is 1.42 bits per heavy atom. The molecular weight excluding hydrogens is 456 g/mol. The van der Waals surface area contributed by atoms with Crippen molar-refractivity contribution in [2.45, 2.75) is 64.7 Å². The number of anilines is 1. The van der Waals surface area contributed by atoms with Gasteiger partial charge >= 0.3 is 0 Å². The Bertz CT molecular complexity index is 914. The van der Waals surface area contributed by atoms with Crippen LogP contribution in [0.1, 0.15) is 85.4 Å². The summed E-state index contributed by atoms with van der Waals surface area (Å²) in [5, 5.41) is 5.69. The molecule has 7 nitrogen and oxygen atoms in total. The van der Waals surface area contributed by atoms with Crippen molar-refractivity contribution < 1.29 is 23.8 Å². The van der Waals surface area contributed by atoms with E-state index in [2.05, 4.69) is 17.6 Å². The van der Waals surface area contributed by atoms with E-state index in [0.29, 0.717) is 42.3 Å². The highest BCUT2D eigenvalue weighted by Gasteiger charge is 2.14. The van der Waals surface area contributed by atoms with Crippen molar-refractivity contribution >= 4 is 17.5 Å². The predicted octanol–water partition coefficient (Wildman–Crippen LogP) is 6.23. The van der Waals surface area contributed by atoms with E-state index in [-0.39, 0.29) is 11.8 Å². The lowest BCUT2D eigenvalue weighted by Crippen LogP contribution is -2.25. The Kier molecular flexibility index (Phi) is 14.1. The number of hydrogen-bond acceptors (Lipinski definition) is 5. The highest BCUT2D eigenvalue weighted by molar-refractivity contribution is 6.06. The van der Waals surface area contributed by atoms with Crippen LogP contribution in [0.2, 0.25) is 0 Å². The molecule has 7 heteroatoms. The Balaban J connectivity index is 1.83. The molecule has 36 heavy (non-hydrogen) atoms. The highest BCUT2D eigenvalue weighted by atomic mass is 16.5. The minimum atomic E-state index is -0.291. The molecule has 0 unspecified atom stereocenters. The van der Waals surface area contributed by atoms with E-state index in [0.717, 1.165) is 18.6 Å². The number of carbonyl (C=O) groups excluding carboxylic acids is 2. The molecule has 0 saturated heterocycles. The average Bonchev–Trinajstić information content (AvgIpc) is 2.90. The Hall–Kier alpha value is -3.06. The van der Waals surface area contributed by atoms with Gasteiger partial charge in [-0.25, -0.2) is 0 Å². The Morgan fingerprint density at radius 1 is 0.750 bits per heavy atom. The smallest absolute Gasteiger partial charge is 0.255 e. The molecule has 2 amide bonds. The second kappa shape index (κ2) is 17.4. The topological polar surface area (TPSA) is 85.9 Å². The average molecular weight is 499 g/mol. The number of nitrogens with one attached hydrogen (secondary N) is 2. The van der Waals surface area contributed by atoms with Crippen LogP contribution in [0.25, 0.3) is 0 Å². The first-order valence-electron chi connectivity index (χ1n) is 13.1. The molecule has 0 aliphatic heterocycles. The minimum absolute atomic E-state index is 0.220. The van der Waals surface area contributed by atoms with E-state index in [9.17, 15) is 9.59 Å². The molecule has 2 N–H and O–H groups in total. The van der Waals surface area contributed by atoms with Gasteiger partial charge in [-0.05, 0) is 55.3 Å². The summed E-state index contributed by atoms with van der Waals surface area (Å²) in [5.74, 6) is 0.714. The zero-order valence-corrected chi connectivity index (χ0v) is 22.1. The second-order valence-corrected chi connectivity index (χ2v) is 8.82. The molecule has 0 spiro atoms. The van der Waals surface area contributed by atoms with Crippen molar-refractivity contribution in [1.29, 1.82) is 0 Å². The minimum Gasteiger partial charge on any atom is -0.495 e. The lowest BCUT2D eigenvalue weighted by molar-refractivity contribution is 0.0947. The van der Waals surface area contributed by atoms with Crippen LogP contribution in [-0.4, -0.2) is 45.8 Å². The quantitative estimate of drug-likeness (QED) is 0.238. The molecule has 0 aliphatic rings. The Labute approximate surface area is 215 Å². The van der Waals surface area contributed by atoms with E-state index < -0.39 is 0 Å². The molecule has 0 saturated carbocycles. The summed E-state index contributed by atoms with van der Waals surface area (Å²) < 4.78 is 16.2. The first kappa shape index (κ1) is 29.2. The summed E-state index contributed by atoms with van der Waals surface area (Å²) >= 11 is 0. The van der Waals surface area contributed by atoms with Gasteiger partial charge in [-0.1, -0.05) is 51.9 Å². The number of methoxy groups -OCH3 is 2. The summed E-state index contributed by atoms with van der Waals surface area (Å²) in [6.07, 6.45) is 10.8. The van der Waals surface area contributed by atoms with Crippen molar-refractivity contribution in [1.82, 2.24) is 5.32 Å². The maximum absolute atomic E-state index is 12.8. The van der Waals surface area contributed by atoms with E-state index in [1.165, 1.54) is 52.1 Å². The molecule has 0 fully saturated rings. The molecule has 198 valence electrons. The van der Waals surface area contributed by atoms with Crippen molar-refractivity contribution in [2.24, 2.45) is 0 Å². The molecule has 0 bridgehead atoms. The molecule has 0 aliphatic carbocycles. The first-order chi connectivity index (χ1) is 17.6. The summed E-state index contributed by atoms with van der Waals surface area (Å²) in [7, 11) is 3.15. The summed E-state index contributed by atoms with van der Waals surface area (Å²) in [4.78, 5) is 25.3. The SMILES string of the molecule is CCCCCCCCCCOc1ccc(C(=O)Nc2cc(C(=O)NCCCOC)ccc2OC)cc1. The fraction of sp³-hybridized carbons (Fsp3) is 0.517. The third kappa shape index (κ3) is 10.7. The van der Waals surface area contributed by atoms with Gasteiger partial charge in [0.05, 0.1) is 19.4 Å². The largest absolute Gasteiger partial charge is 0.495 e. The number of amides is 2. The standard InChI is InChI=1S/C29H42N2O5/c1-4-5-6-7-8-9-10-11-21-36-25-16-13-23(14-17-25)29(33)31-26-22-24(15-18-27(26)35-3)28(32)30-19-12-20-34-2/h13-18,22H,4-12,19-21H2,1-3H3,(H,30,32)(H,31,33). The molecule has 2 aromatic rings. The van der Waals surface area contributed by atoms with Crippen molar-refractivity contribution in [3.05, 3.63) is 53.6 Å². The van der Waals surface area contributed by atoms with Crippen LogP contribution in [-0.2, 0) is 4.74 Å². The molecular formula is C29H42N2O5. The van der Waals surface area contributed by atoms with Gasteiger partial charge in [0.1, 0.15) is 11.5 Å². The summed E-state index contributed by atoms with van der Waals surface area (Å²) in [6, 6.07) is 12.0. The van der Waals surface area contributed by atoms with Crippen LogP contribution >= 0.6 is 0 Å². The van der Waals surface area contributed by atoms with Crippen molar-refractivity contribution in [3.63, 3.8) is 0 Å². The van der Waals surface area contributed by atoms with Gasteiger partial charge in [0, 0.05) is 31.4 Å². The van der Waals surface area contributed by atoms with E-state index in [1.54, 1.807) is 49.6 Å². The van der Waals surface area contributed by atoms with Crippen molar-refractivity contribution in [3.8, 4) is 11.5 Å². The molecule has 2 rings (SSSR count). The number of ether oxygens (including phenoxy) is 3. The number of hydrogen-bond donors (Lipinski definition) is 2. The van der Waals surface area contributed by atoms with Crippen LogP contribution in [0.3, 0.4) is 0 Å². The van der Waals surface area contributed by atoms with Gasteiger partial charge < -0.3 is 24.8 Å². The van der Waals surface area contributed by atoms with Gasteiger partial charge in [0.25, 0.3) is 11.8 Å². The molecule has 0 aromatic heterocycles. The molecule has 0 heterocycles. The van der Waals surface area contributed by atoms with E-state index in [4.69, 9.17) is 14.2 Å². The van der Waals surface area contributed by atoms with Gasteiger partial charge in [-0.15, -0.1) is 0 Å². The van der Waals surface area contributed by atoms with Gasteiger partial charge in [-0.2, -0.15) is 0 Å². The Morgan fingerprint density at radius 3 is 2.08 bits per heavy atom.